The fraction of sp³-hybridized carbons (Fsp3) is 0.0667. The Bertz CT molecular complexity index is 900. The van der Waals surface area contributed by atoms with Crippen molar-refractivity contribution in [2.24, 2.45) is 0 Å². The highest BCUT2D eigenvalue weighted by molar-refractivity contribution is 5.93. The molecule has 0 radical (unpaired) electrons. The largest absolute Gasteiger partial charge is 0.467 e. The Hall–Kier alpha value is -4.02. The van der Waals surface area contributed by atoms with Gasteiger partial charge in [-0.3, -0.25) is 30.7 Å². The van der Waals surface area contributed by atoms with Crippen molar-refractivity contribution in [2.45, 2.75) is 6.54 Å². The van der Waals surface area contributed by atoms with Crippen molar-refractivity contribution < 1.29 is 14.1 Å². The van der Waals surface area contributed by atoms with Crippen molar-refractivity contribution in [3.63, 3.8) is 0 Å². The van der Waals surface area contributed by atoms with E-state index in [0.29, 0.717) is 5.76 Å². The topological polar surface area (TPSA) is 148 Å². The van der Waals surface area contributed by atoms with E-state index in [0.717, 1.165) is 6.33 Å². The molecule has 11 nitrogen and oxygen atoms in total. The third kappa shape index (κ3) is 3.90. The lowest BCUT2D eigenvalue weighted by Crippen LogP contribution is -2.31. The van der Waals surface area contributed by atoms with Gasteiger partial charge in [0.15, 0.2) is 0 Å². The number of nitro groups is 1. The molecule has 0 aliphatic carbocycles. The van der Waals surface area contributed by atoms with Crippen molar-refractivity contribution in [1.29, 1.82) is 0 Å². The van der Waals surface area contributed by atoms with E-state index >= 15 is 0 Å². The Morgan fingerprint density at radius 2 is 2.00 bits per heavy atom. The van der Waals surface area contributed by atoms with Crippen molar-refractivity contribution in [3.05, 3.63) is 70.7 Å². The molecule has 3 rings (SSSR count). The monoisotopic (exact) mass is 355 g/mol. The van der Waals surface area contributed by atoms with Crippen molar-refractivity contribution in [1.82, 2.24) is 20.4 Å². The number of hydrogen-bond donors (Lipinski definition) is 3. The molecule has 1 amide bonds. The lowest BCUT2D eigenvalue weighted by atomic mass is 10.3. The summed E-state index contributed by atoms with van der Waals surface area (Å²) in [7, 11) is 0. The second-order valence-corrected chi connectivity index (χ2v) is 4.90. The first kappa shape index (κ1) is 16.8. The highest BCUT2D eigenvalue weighted by Gasteiger charge is 2.23. The van der Waals surface area contributed by atoms with E-state index in [4.69, 9.17) is 4.42 Å². The van der Waals surface area contributed by atoms with Gasteiger partial charge in [0.2, 0.25) is 11.6 Å². The summed E-state index contributed by atoms with van der Waals surface area (Å²) in [5.74, 6) is -0.174. The lowest BCUT2D eigenvalue weighted by Gasteiger charge is -2.10. The van der Waals surface area contributed by atoms with Crippen LogP contribution in [-0.4, -0.2) is 25.8 Å². The molecule has 0 fully saturated rings. The van der Waals surface area contributed by atoms with Crippen LogP contribution in [0.4, 0.5) is 17.3 Å². The number of nitrogens with one attached hydrogen (secondary N) is 3. The van der Waals surface area contributed by atoms with Gasteiger partial charge in [0.25, 0.3) is 5.91 Å². The van der Waals surface area contributed by atoms with Gasteiger partial charge in [0, 0.05) is 6.20 Å². The molecule has 0 bridgehead atoms. The summed E-state index contributed by atoms with van der Waals surface area (Å²) in [5.41, 5.74) is 4.48. The minimum Gasteiger partial charge on any atom is -0.467 e. The van der Waals surface area contributed by atoms with Crippen molar-refractivity contribution in [2.75, 3.05) is 10.7 Å². The summed E-state index contributed by atoms with van der Waals surface area (Å²) >= 11 is 0. The molecule has 0 aromatic carbocycles. The Morgan fingerprint density at radius 1 is 1.15 bits per heavy atom. The highest BCUT2D eigenvalue weighted by atomic mass is 16.6. The molecular weight excluding hydrogens is 342 g/mol. The molecule has 0 aliphatic heterocycles. The first-order valence-corrected chi connectivity index (χ1v) is 7.38. The Morgan fingerprint density at radius 3 is 2.69 bits per heavy atom. The summed E-state index contributed by atoms with van der Waals surface area (Å²) in [6.07, 6.45) is 4.08. The van der Waals surface area contributed by atoms with Crippen LogP contribution < -0.4 is 16.2 Å². The number of hydrazine groups is 1. The summed E-state index contributed by atoms with van der Waals surface area (Å²) in [6, 6.07) is 8.22. The van der Waals surface area contributed by atoms with Crippen LogP contribution in [0.3, 0.4) is 0 Å². The minimum atomic E-state index is -0.653. The van der Waals surface area contributed by atoms with Crippen molar-refractivity contribution >= 4 is 23.2 Å². The Labute approximate surface area is 146 Å². The average molecular weight is 355 g/mol. The third-order valence-electron chi connectivity index (χ3n) is 3.21. The predicted molar refractivity (Wildman–Crippen MR) is 90.0 cm³/mol. The van der Waals surface area contributed by atoms with E-state index in [2.05, 4.69) is 31.1 Å². The molecule has 3 heterocycles. The zero-order valence-electron chi connectivity index (χ0n) is 13.2. The van der Waals surface area contributed by atoms with Crippen LogP contribution in [0.15, 0.2) is 53.5 Å². The second-order valence-electron chi connectivity index (χ2n) is 4.90. The number of pyridine rings is 1. The number of carbonyl (C=O) groups excluding carboxylic acids is 1. The maximum absolute atomic E-state index is 12.0. The van der Waals surface area contributed by atoms with E-state index in [1.807, 2.05) is 0 Å². The maximum atomic E-state index is 12.0. The molecule has 0 atom stereocenters. The van der Waals surface area contributed by atoms with Gasteiger partial charge in [-0.15, -0.1) is 0 Å². The number of furan rings is 1. The Balaban J connectivity index is 1.75. The fourth-order valence-electron chi connectivity index (χ4n) is 2.03. The molecule has 0 unspecified atom stereocenters. The van der Waals surface area contributed by atoms with Crippen LogP contribution in [0.1, 0.15) is 16.2 Å². The SMILES string of the molecule is O=C(NNc1ncnc(NCc2ccco2)c1[N+](=O)[O-])c1ccccn1. The van der Waals surface area contributed by atoms with E-state index < -0.39 is 16.5 Å². The van der Waals surface area contributed by atoms with Crippen LogP contribution in [0.5, 0.6) is 0 Å². The molecular formula is C15H13N7O4. The van der Waals surface area contributed by atoms with E-state index in [9.17, 15) is 14.9 Å². The van der Waals surface area contributed by atoms with Gasteiger partial charge in [-0.25, -0.2) is 9.97 Å². The number of aromatic nitrogens is 3. The standard InChI is InChI=1S/C15H13N7O4/c23-15(11-5-1-2-6-16-11)21-20-14-12(22(24)25)13(18-9-19-14)17-8-10-4-3-7-26-10/h1-7,9H,8H2,(H,21,23)(H2,17,18,19,20). The summed E-state index contributed by atoms with van der Waals surface area (Å²) in [6.45, 7) is 0.199. The normalized spacial score (nSPS) is 10.2. The van der Waals surface area contributed by atoms with Gasteiger partial charge in [-0.1, -0.05) is 6.07 Å². The first-order chi connectivity index (χ1) is 12.6. The number of anilines is 2. The van der Waals surface area contributed by atoms with Gasteiger partial charge < -0.3 is 9.73 Å². The molecule has 3 N–H and O–H groups in total. The molecule has 3 aromatic rings. The maximum Gasteiger partial charge on any atom is 0.354 e. The van der Waals surface area contributed by atoms with Crippen LogP contribution in [0.25, 0.3) is 0 Å². The molecule has 3 aromatic heterocycles. The van der Waals surface area contributed by atoms with E-state index in [1.54, 1.807) is 24.3 Å². The second kappa shape index (κ2) is 7.70. The molecule has 26 heavy (non-hydrogen) atoms. The number of nitrogens with zero attached hydrogens (tertiary/aromatic N) is 4. The average Bonchev–Trinajstić information content (AvgIpc) is 3.18. The molecule has 132 valence electrons. The predicted octanol–water partition coefficient (Wildman–Crippen LogP) is 1.74. The van der Waals surface area contributed by atoms with Gasteiger partial charge in [0.1, 0.15) is 17.8 Å². The lowest BCUT2D eigenvalue weighted by molar-refractivity contribution is -0.383. The molecule has 0 saturated heterocycles. The number of carbonyl (C=O) groups is 1. The first-order valence-electron chi connectivity index (χ1n) is 7.38. The Kier molecular flexibility index (Phi) is 4.98. The van der Waals surface area contributed by atoms with Gasteiger partial charge >= 0.3 is 5.69 Å². The highest BCUT2D eigenvalue weighted by Crippen LogP contribution is 2.28. The van der Waals surface area contributed by atoms with Crippen LogP contribution in [0.2, 0.25) is 0 Å². The molecule has 11 heteroatoms. The van der Waals surface area contributed by atoms with E-state index in [1.165, 1.54) is 18.5 Å². The van der Waals surface area contributed by atoms with Gasteiger partial charge in [-0.2, -0.15) is 0 Å². The summed E-state index contributed by atoms with van der Waals surface area (Å²) in [5, 5.41) is 14.2. The zero-order chi connectivity index (χ0) is 18.4. The molecule has 0 aliphatic rings. The van der Waals surface area contributed by atoms with Crippen LogP contribution in [0, 0.1) is 10.1 Å². The molecule has 0 saturated carbocycles. The molecule has 0 spiro atoms. The minimum absolute atomic E-state index is 0.0176. The van der Waals surface area contributed by atoms with Gasteiger partial charge in [-0.05, 0) is 24.3 Å². The summed E-state index contributed by atoms with van der Waals surface area (Å²) < 4.78 is 5.16. The number of rotatable bonds is 7. The fourth-order valence-corrected chi connectivity index (χ4v) is 2.03. The quantitative estimate of drug-likeness (QED) is 0.425. The number of hydrogen-bond acceptors (Lipinski definition) is 9. The summed E-state index contributed by atoms with van der Waals surface area (Å²) in [4.78, 5) is 34.3. The third-order valence-corrected chi connectivity index (χ3v) is 3.21. The van der Waals surface area contributed by atoms with Crippen molar-refractivity contribution in [3.8, 4) is 0 Å². The zero-order valence-corrected chi connectivity index (χ0v) is 13.2. The number of amides is 1. The van der Waals surface area contributed by atoms with Crippen LogP contribution in [-0.2, 0) is 6.54 Å². The van der Waals surface area contributed by atoms with Gasteiger partial charge in [0.05, 0.1) is 17.7 Å². The van der Waals surface area contributed by atoms with Crippen LogP contribution >= 0.6 is 0 Å². The van der Waals surface area contributed by atoms with E-state index in [-0.39, 0.29) is 23.9 Å². The smallest absolute Gasteiger partial charge is 0.354 e.